The van der Waals surface area contributed by atoms with Gasteiger partial charge in [0.2, 0.25) is 5.28 Å². The molecule has 4 aromatic rings. The smallest absolute Gasteiger partial charge is 0.350 e. The zero-order valence-electron chi connectivity index (χ0n) is 22.3. The number of carbonyl (C=O) groups excluding carboxylic acids is 1. The molecule has 5 rings (SSSR count). The average Bonchev–Trinajstić information content (AvgIpc) is 3.52. The number of hydrogen-bond acceptors (Lipinski definition) is 10. The van der Waals surface area contributed by atoms with Gasteiger partial charge in [0.25, 0.3) is 5.60 Å². The molecule has 2 aromatic heterocycles. The monoisotopic (exact) mass is 599 g/mol. The normalized spacial score (nSPS) is 21.7. The summed E-state index contributed by atoms with van der Waals surface area (Å²) in [5, 5.41) is 20.7. The number of nitrogens with zero attached hydrogens (tertiary/aromatic N) is 4. The van der Waals surface area contributed by atoms with Crippen molar-refractivity contribution in [2.45, 2.75) is 43.6 Å². The Kier molecular flexibility index (Phi) is 8.36. The van der Waals surface area contributed by atoms with Gasteiger partial charge in [-0.3, -0.25) is 4.57 Å². The van der Waals surface area contributed by atoms with Crippen LogP contribution in [0.1, 0.15) is 18.7 Å². The van der Waals surface area contributed by atoms with E-state index in [2.05, 4.69) is 15.0 Å². The molecular formula is C28H27ClFN5O7. The number of ether oxygens (including phenoxy) is 3. The van der Waals surface area contributed by atoms with E-state index in [1.807, 2.05) is 30.3 Å². The van der Waals surface area contributed by atoms with Crippen molar-refractivity contribution in [2.75, 3.05) is 18.9 Å². The molecule has 0 spiro atoms. The topological polar surface area (TPSA) is 172 Å². The molecule has 4 N–H and O–H groups in total. The summed E-state index contributed by atoms with van der Waals surface area (Å²) in [6.45, 7) is 0.762. The lowest BCUT2D eigenvalue weighted by atomic mass is 9.92. The summed E-state index contributed by atoms with van der Waals surface area (Å²) in [7, 11) is 0. The minimum absolute atomic E-state index is 0.0323. The Morgan fingerprint density at radius 1 is 1.14 bits per heavy atom. The summed E-state index contributed by atoms with van der Waals surface area (Å²) in [6, 6.07) is 16.5. The summed E-state index contributed by atoms with van der Waals surface area (Å²) < 4.78 is 33.0. The van der Waals surface area contributed by atoms with Crippen LogP contribution in [0.25, 0.3) is 22.3 Å². The lowest BCUT2D eigenvalue weighted by Crippen LogP contribution is -2.53. The molecular weight excluding hydrogens is 573 g/mol. The highest BCUT2D eigenvalue weighted by Crippen LogP contribution is 2.35. The number of esters is 1. The number of alkyl halides is 1. The lowest BCUT2D eigenvalue weighted by Gasteiger charge is -2.29. The van der Waals surface area contributed by atoms with E-state index in [0.29, 0.717) is 5.56 Å². The van der Waals surface area contributed by atoms with E-state index in [4.69, 9.17) is 31.5 Å². The predicted molar refractivity (Wildman–Crippen MR) is 148 cm³/mol. The molecule has 0 amide bonds. The SMILES string of the molecule is CCOC(=O)C(Cc1ccc(-c2ccccc2)cc1)(OC[C@H]1OC(n2cnc3c(N)nc(Cl)nc32)[C@@H](F)[C@@H]1O)C(=O)O. The second-order valence-electron chi connectivity index (χ2n) is 9.61. The van der Waals surface area contributed by atoms with Crippen LogP contribution in [0.5, 0.6) is 0 Å². The molecule has 2 aromatic carbocycles. The van der Waals surface area contributed by atoms with Crippen LogP contribution in [0.2, 0.25) is 5.28 Å². The first kappa shape index (κ1) is 29.3. The van der Waals surface area contributed by atoms with Crippen LogP contribution in [0.4, 0.5) is 10.2 Å². The summed E-state index contributed by atoms with van der Waals surface area (Å²) in [5.41, 5.74) is 5.85. The fourth-order valence-corrected chi connectivity index (χ4v) is 4.95. The second kappa shape index (κ2) is 12.0. The van der Waals surface area contributed by atoms with Gasteiger partial charge in [-0.25, -0.2) is 19.0 Å². The lowest BCUT2D eigenvalue weighted by molar-refractivity contribution is -0.193. The molecule has 42 heavy (non-hydrogen) atoms. The fourth-order valence-electron chi connectivity index (χ4n) is 4.77. The number of aromatic nitrogens is 4. The van der Waals surface area contributed by atoms with Crippen LogP contribution in [0.15, 0.2) is 60.9 Å². The van der Waals surface area contributed by atoms with E-state index in [0.717, 1.165) is 11.1 Å². The zero-order chi connectivity index (χ0) is 30.0. The summed E-state index contributed by atoms with van der Waals surface area (Å²) in [6.07, 6.45) is -5.75. The standard InChI is InChI=1S/C28H27ClFN5O7/c1-2-40-26(39)28(25(37)38,12-15-8-10-17(11-9-15)16-6-4-3-5-7-16)41-13-18-21(36)19(30)24(42-18)35-14-32-20-22(31)33-27(29)34-23(20)35/h3-11,14,18-19,21,24,36H,2,12-13H2,1H3,(H,37,38)(H2,31,33,34)/t18-,19+,21-,24?,28?/m1/s1. The van der Waals surface area contributed by atoms with Crippen molar-refractivity contribution >= 4 is 40.5 Å². The third-order valence-electron chi connectivity index (χ3n) is 6.95. The fraction of sp³-hybridized carbons (Fsp3) is 0.321. The van der Waals surface area contributed by atoms with Gasteiger partial charge >= 0.3 is 11.9 Å². The van der Waals surface area contributed by atoms with Gasteiger partial charge in [-0.15, -0.1) is 0 Å². The number of carboxylic acid groups (broad SMARTS) is 1. The molecule has 1 fully saturated rings. The Hall–Kier alpha value is -4.17. The number of anilines is 1. The van der Waals surface area contributed by atoms with Crippen molar-refractivity contribution in [3.8, 4) is 11.1 Å². The van der Waals surface area contributed by atoms with Crippen LogP contribution in [0, 0.1) is 0 Å². The maximum absolute atomic E-state index is 15.3. The number of aliphatic hydroxyl groups excluding tert-OH is 1. The summed E-state index contributed by atoms with van der Waals surface area (Å²) >= 11 is 5.90. The van der Waals surface area contributed by atoms with E-state index >= 15 is 4.39 Å². The highest BCUT2D eigenvalue weighted by atomic mass is 35.5. The van der Waals surface area contributed by atoms with Crippen molar-refractivity contribution in [2.24, 2.45) is 0 Å². The van der Waals surface area contributed by atoms with Crippen LogP contribution in [-0.4, -0.2) is 78.9 Å². The number of nitrogens with two attached hydrogens (primary N) is 1. The Labute approximate surface area is 243 Å². The van der Waals surface area contributed by atoms with E-state index in [1.165, 1.54) is 17.8 Å². The number of carboxylic acids is 1. The molecule has 220 valence electrons. The highest BCUT2D eigenvalue weighted by molar-refractivity contribution is 6.28. The number of benzene rings is 2. The molecule has 5 atom stereocenters. The second-order valence-corrected chi connectivity index (χ2v) is 9.94. The highest BCUT2D eigenvalue weighted by Gasteiger charge is 2.52. The predicted octanol–water partition coefficient (Wildman–Crippen LogP) is 2.97. The molecule has 3 heterocycles. The number of aliphatic hydroxyl groups is 1. The van der Waals surface area contributed by atoms with E-state index < -0.39 is 55.2 Å². The van der Waals surface area contributed by atoms with Crippen molar-refractivity contribution in [3.05, 3.63) is 71.8 Å². The minimum Gasteiger partial charge on any atom is -0.479 e. The van der Waals surface area contributed by atoms with Crippen molar-refractivity contribution in [1.29, 1.82) is 0 Å². The Balaban J connectivity index is 1.38. The third-order valence-corrected chi connectivity index (χ3v) is 7.12. The number of rotatable bonds is 10. The number of aliphatic carboxylic acids is 1. The van der Waals surface area contributed by atoms with Crippen molar-refractivity contribution < 1.29 is 38.4 Å². The van der Waals surface area contributed by atoms with Crippen LogP contribution < -0.4 is 5.73 Å². The van der Waals surface area contributed by atoms with Crippen molar-refractivity contribution in [3.63, 3.8) is 0 Å². The summed E-state index contributed by atoms with van der Waals surface area (Å²) in [5.74, 6) is -2.79. The molecule has 12 nitrogen and oxygen atoms in total. The van der Waals surface area contributed by atoms with Gasteiger partial charge < -0.3 is 30.2 Å². The maximum Gasteiger partial charge on any atom is 0.350 e. The Morgan fingerprint density at radius 3 is 2.50 bits per heavy atom. The van der Waals surface area contributed by atoms with Gasteiger partial charge in [-0.05, 0) is 35.2 Å². The molecule has 0 aliphatic carbocycles. The molecule has 0 saturated carbocycles. The Morgan fingerprint density at radius 2 is 1.83 bits per heavy atom. The Bertz CT molecular complexity index is 1590. The largest absolute Gasteiger partial charge is 0.479 e. The average molecular weight is 600 g/mol. The van der Waals surface area contributed by atoms with Gasteiger partial charge in [0.1, 0.15) is 17.7 Å². The molecule has 1 aliphatic rings. The van der Waals surface area contributed by atoms with Gasteiger partial charge in [-0.1, -0.05) is 54.6 Å². The van der Waals surface area contributed by atoms with Crippen LogP contribution in [0.3, 0.4) is 0 Å². The van der Waals surface area contributed by atoms with E-state index in [-0.39, 0.29) is 28.9 Å². The number of halogens is 2. The first-order valence-corrected chi connectivity index (χ1v) is 13.3. The summed E-state index contributed by atoms with van der Waals surface area (Å²) in [4.78, 5) is 37.5. The van der Waals surface area contributed by atoms with Gasteiger partial charge in [0.15, 0.2) is 23.9 Å². The molecule has 1 saturated heterocycles. The van der Waals surface area contributed by atoms with Crippen LogP contribution in [-0.2, 0) is 30.2 Å². The van der Waals surface area contributed by atoms with Gasteiger partial charge in [0, 0.05) is 6.42 Å². The maximum atomic E-state index is 15.3. The number of hydrogen-bond donors (Lipinski definition) is 3. The number of carbonyl (C=O) groups is 2. The van der Waals surface area contributed by atoms with Gasteiger partial charge in [0.05, 0.1) is 19.5 Å². The zero-order valence-corrected chi connectivity index (χ0v) is 23.0. The third kappa shape index (κ3) is 5.51. The molecule has 0 radical (unpaired) electrons. The van der Waals surface area contributed by atoms with E-state index in [1.54, 1.807) is 24.3 Å². The van der Waals surface area contributed by atoms with Crippen molar-refractivity contribution in [1.82, 2.24) is 19.5 Å². The number of imidazole rings is 1. The quantitative estimate of drug-likeness (QED) is 0.139. The molecule has 14 heteroatoms. The van der Waals surface area contributed by atoms with E-state index in [9.17, 15) is 19.8 Å². The van der Waals surface area contributed by atoms with Gasteiger partial charge in [-0.2, -0.15) is 9.97 Å². The molecule has 0 bridgehead atoms. The molecule has 2 unspecified atom stereocenters. The number of fused-ring (bicyclic) bond motifs is 1. The first-order chi connectivity index (χ1) is 20.1. The number of nitrogen functional groups attached to an aromatic ring is 1. The minimum atomic E-state index is -2.51. The molecule has 1 aliphatic heterocycles. The first-order valence-electron chi connectivity index (χ1n) is 13.0. The van der Waals surface area contributed by atoms with Crippen LogP contribution >= 0.6 is 11.6 Å².